The average Bonchev–Trinajstić information content (AvgIpc) is 2.24. The number of hydrogen-bond donors (Lipinski definition) is 2. The van der Waals surface area contributed by atoms with Crippen LogP contribution in [-0.4, -0.2) is 44.9 Å². The summed E-state index contributed by atoms with van der Waals surface area (Å²) in [6.45, 7) is -0.119. The van der Waals surface area contributed by atoms with Gasteiger partial charge in [0, 0.05) is 6.54 Å². The zero-order chi connectivity index (χ0) is 13.8. The quantitative estimate of drug-likeness (QED) is 0.620. The van der Waals surface area contributed by atoms with Gasteiger partial charge in [0.15, 0.2) is 0 Å². The fourth-order valence-corrected chi connectivity index (χ4v) is 2.79. The second-order valence-electron chi connectivity index (χ2n) is 4.41. The van der Waals surface area contributed by atoms with Crippen molar-refractivity contribution < 1.29 is 27.9 Å². The number of methoxy groups -OCH3 is 1. The van der Waals surface area contributed by atoms with E-state index in [-0.39, 0.29) is 13.0 Å². The highest BCUT2D eigenvalue weighted by molar-refractivity contribution is 7.89. The van der Waals surface area contributed by atoms with Crippen LogP contribution in [0.1, 0.15) is 25.7 Å². The third kappa shape index (κ3) is 3.67. The van der Waals surface area contributed by atoms with Gasteiger partial charge in [-0.15, -0.1) is 0 Å². The van der Waals surface area contributed by atoms with Crippen LogP contribution in [-0.2, 0) is 24.3 Å². The van der Waals surface area contributed by atoms with Gasteiger partial charge in [-0.2, -0.15) is 0 Å². The van der Waals surface area contributed by atoms with E-state index < -0.39 is 33.1 Å². The summed E-state index contributed by atoms with van der Waals surface area (Å²) in [4.78, 5) is 21.9. The molecule has 104 valence electrons. The van der Waals surface area contributed by atoms with E-state index >= 15 is 0 Å². The van der Waals surface area contributed by atoms with Crippen LogP contribution in [0.15, 0.2) is 0 Å². The lowest BCUT2D eigenvalue weighted by molar-refractivity contribution is -0.153. The number of ether oxygens (including phenoxy) is 1. The Morgan fingerprint density at radius 1 is 1.39 bits per heavy atom. The maximum absolute atomic E-state index is 11.5. The average molecular weight is 279 g/mol. The van der Waals surface area contributed by atoms with Gasteiger partial charge in [0.25, 0.3) is 0 Å². The first-order valence-electron chi connectivity index (χ1n) is 5.59. The van der Waals surface area contributed by atoms with Gasteiger partial charge < -0.3 is 9.84 Å². The fourth-order valence-electron chi connectivity index (χ4n) is 1.71. The molecule has 1 fully saturated rings. The summed E-state index contributed by atoms with van der Waals surface area (Å²) in [5.74, 6) is -1.99. The molecule has 0 aromatic carbocycles. The minimum atomic E-state index is -3.64. The van der Waals surface area contributed by atoms with Gasteiger partial charge in [0.2, 0.25) is 10.0 Å². The largest absolute Gasteiger partial charge is 0.481 e. The lowest BCUT2D eigenvalue weighted by Crippen LogP contribution is -2.48. The van der Waals surface area contributed by atoms with Crippen LogP contribution >= 0.6 is 0 Å². The third-order valence-corrected chi connectivity index (χ3v) is 4.52. The Bertz CT molecular complexity index is 426. The fraction of sp³-hybridized carbons (Fsp3) is 0.800. The van der Waals surface area contributed by atoms with E-state index in [1.165, 1.54) is 7.11 Å². The lowest BCUT2D eigenvalue weighted by atomic mass is 9.69. The smallest absolute Gasteiger partial charge is 0.310 e. The van der Waals surface area contributed by atoms with Gasteiger partial charge in [0.05, 0.1) is 24.7 Å². The van der Waals surface area contributed by atoms with E-state index in [0.717, 1.165) is 6.42 Å². The molecule has 8 heteroatoms. The van der Waals surface area contributed by atoms with Crippen LogP contribution < -0.4 is 4.72 Å². The molecule has 18 heavy (non-hydrogen) atoms. The first-order valence-corrected chi connectivity index (χ1v) is 7.24. The molecule has 0 radical (unpaired) electrons. The number of aliphatic carboxylic acids is 1. The van der Waals surface area contributed by atoms with E-state index in [0.29, 0.717) is 12.8 Å². The van der Waals surface area contributed by atoms with Crippen molar-refractivity contribution in [2.24, 2.45) is 5.41 Å². The Morgan fingerprint density at radius 2 is 2.00 bits per heavy atom. The van der Waals surface area contributed by atoms with E-state index in [1.807, 2.05) is 0 Å². The number of rotatable bonds is 7. The summed E-state index contributed by atoms with van der Waals surface area (Å²) in [5, 5.41) is 9.03. The van der Waals surface area contributed by atoms with Gasteiger partial charge in [0.1, 0.15) is 0 Å². The summed E-state index contributed by atoms with van der Waals surface area (Å²) in [5.41, 5.74) is -0.974. The topological polar surface area (TPSA) is 110 Å². The molecule has 1 aliphatic carbocycles. The molecule has 1 rings (SSSR count). The minimum Gasteiger partial charge on any atom is -0.481 e. The normalized spacial score (nSPS) is 17.8. The van der Waals surface area contributed by atoms with E-state index in [2.05, 4.69) is 9.46 Å². The Balaban J connectivity index is 2.46. The van der Waals surface area contributed by atoms with Crippen LogP contribution in [0.4, 0.5) is 0 Å². The van der Waals surface area contributed by atoms with Crippen LogP contribution in [0.25, 0.3) is 0 Å². The number of carbonyl (C=O) groups excluding carboxylic acids is 1. The SMILES string of the molecule is COC(=O)CCS(=O)(=O)NCC1(C(=O)O)CCC1. The first-order chi connectivity index (χ1) is 8.31. The summed E-state index contributed by atoms with van der Waals surface area (Å²) < 4.78 is 29.7. The zero-order valence-corrected chi connectivity index (χ0v) is 11.0. The summed E-state index contributed by atoms with van der Waals surface area (Å²) in [6.07, 6.45) is 1.49. The molecule has 7 nitrogen and oxygen atoms in total. The second-order valence-corrected chi connectivity index (χ2v) is 6.33. The van der Waals surface area contributed by atoms with E-state index in [1.54, 1.807) is 0 Å². The summed E-state index contributed by atoms with van der Waals surface area (Å²) >= 11 is 0. The van der Waals surface area contributed by atoms with Crippen LogP contribution in [0, 0.1) is 5.41 Å². The molecule has 0 aromatic rings. The van der Waals surface area contributed by atoms with E-state index in [9.17, 15) is 18.0 Å². The van der Waals surface area contributed by atoms with Gasteiger partial charge >= 0.3 is 11.9 Å². The van der Waals surface area contributed by atoms with Gasteiger partial charge in [-0.05, 0) is 12.8 Å². The van der Waals surface area contributed by atoms with Crippen molar-refractivity contribution in [1.82, 2.24) is 4.72 Å². The number of nitrogens with one attached hydrogen (secondary N) is 1. The Morgan fingerprint density at radius 3 is 2.39 bits per heavy atom. The van der Waals surface area contributed by atoms with Crippen LogP contribution in [0.3, 0.4) is 0 Å². The molecule has 0 bridgehead atoms. The van der Waals surface area contributed by atoms with Crippen molar-refractivity contribution in [2.75, 3.05) is 19.4 Å². The highest BCUT2D eigenvalue weighted by Crippen LogP contribution is 2.40. The Kier molecular flexibility index (Phi) is 4.69. The van der Waals surface area contributed by atoms with Gasteiger partial charge in [-0.25, -0.2) is 13.1 Å². The Hall–Kier alpha value is -1.15. The number of carbonyl (C=O) groups is 2. The van der Waals surface area contributed by atoms with Crippen LogP contribution in [0.5, 0.6) is 0 Å². The molecule has 1 saturated carbocycles. The monoisotopic (exact) mass is 279 g/mol. The minimum absolute atomic E-state index is 0.119. The molecule has 0 unspecified atom stereocenters. The van der Waals surface area contributed by atoms with Crippen molar-refractivity contribution >= 4 is 22.0 Å². The van der Waals surface area contributed by atoms with Crippen molar-refractivity contribution in [3.63, 3.8) is 0 Å². The zero-order valence-electron chi connectivity index (χ0n) is 10.1. The molecule has 2 N–H and O–H groups in total. The number of hydrogen-bond acceptors (Lipinski definition) is 5. The van der Waals surface area contributed by atoms with Crippen molar-refractivity contribution in [3.8, 4) is 0 Å². The number of carboxylic acids is 1. The molecule has 0 atom stereocenters. The second kappa shape index (κ2) is 5.66. The van der Waals surface area contributed by atoms with Gasteiger partial charge in [-0.3, -0.25) is 9.59 Å². The Labute approximate surface area is 106 Å². The van der Waals surface area contributed by atoms with Crippen molar-refractivity contribution in [2.45, 2.75) is 25.7 Å². The lowest BCUT2D eigenvalue weighted by Gasteiger charge is -2.37. The molecular formula is C10H17NO6S. The van der Waals surface area contributed by atoms with Crippen molar-refractivity contribution in [3.05, 3.63) is 0 Å². The van der Waals surface area contributed by atoms with Gasteiger partial charge in [-0.1, -0.05) is 6.42 Å². The molecule has 0 heterocycles. The number of sulfonamides is 1. The molecular weight excluding hydrogens is 262 g/mol. The van der Waals surface area contributed by atoms with E-state index in [4.69, 9.17) is 5.11 Å². The third-order valence-electron chi connectivity index (χ3n) is 3.20. The van der Waals surface area contributed by atoms with Crippen LogP contribution in [0.2, 0.25) is 0 Å². The standard InChI is InChI=1S/C10H17NO6S/c1-17-8(12)3-6-18(15,16)11-7-10(9(13)14)4-2-5-10/h11H,2-7H2,1H3,(H,13,14). The molecule has 0 saturated heterocycles. The van der Waals surface area contributed by atoms with Crippen molar-refractivity contribution in [1.29, 1.82) is 0 Å². The first kappa shape index (κ1) is 14.9. The molecule has 0 aliphatic heterocycles. The maximum atomic E-state index is 11.5. The maximum Gasteiger partial charge on any atom is 0.310 e. The summed E-state index contributed by atoms with van der Waals surface area (Å²) in [7, 11) is -2.47. The number of carboxylic acid groups (broad SMARTS) is 1. The predicted molar refractivity (Wildman–Crippen MR) is 62.3 cm³/mol. The highest BCUT2D eigenvalue weighted by atomic mass is 32.2. The molecule has 1 aliphatic rings. The summed E-state index contributed by atoms with van der Waals surface area (Å²) in [6, 6.07) is 0. The molecule has 0 spiro atoms. The predicted octanol–water partition coefficient (Wildman–Crippen LogP) is -0.276. The number of esters is 1. The highest BCUT2D eigenvalue weighted by Gasteiger charge is 2.44. The molecule has 0 amide bonds. The molecule has 0 aromatic heterocycles.